The van der Waals surface area contributed by atoms with Gasteiger partial charge in [0.05, 0.1) is 15.7 Å². The average Bonchev–Trinajstić information content (AvgIpc) is 2.08. The Balaban J connectivity index is 3.03. The van der Waals surface area contributed by atoms with Crippen molar-refractivity contribution in [2.75, 3.05) is 5.06 Å². The van der Waals surface area contributed by atoms with Gasteiger partial charge in [0.15, 0.2) is 0 Å². The quantitative estimate of drug-likeness (QED) is 0.583. The summed E-state index contributed by atoms with van der Waals surface area (Å²) >= 11 is 11.3. The summed E-state index contributed by atoms with van der Waals surface area (Å²) < 4.78 is 0. The summed E-state index contributed by atoms with van der Waals surface area (Å²) in [6.45, 7) is 1.24. The molecule has 3 nitrogen and oxygen atoms in total. The van der Waals surface area contributed by atoms with Crippen molar-refractivity contribution in [2.24, 2.45) is 0 Å². The highest BCUT2D eigenvalue weighted by Gasteiger charge is 2.09. The van der Waals surface area contributed by atoms with Gasteiger partial charge in [-0.3, -0.25) is 10.0 Å². The summed E-state index contributed by atoms with van der Waals surface area (Å²) in [6.07, 6.45) is 0. The van der Waals surface area contributed by atoms with E-state index in [2.05, 4.69) is 0 Å². The van der Waals surface area contributed by atoms with Crippen molar-refractivity contribution in [2.45, 2.75) is 6.92 Å². The van der Waals surface area contributed by atoms with Crippen molar-refractivity contribution < 1.29 is 10.0 Å². The molecule has 0 heterocycles. The molecule has 0 fully saturated rings. The van der Waals surface area contributed by atoms with Crippen LogP contribution in [-0.4, -0.2) is 11.1 Å². The highest BCUT2D eigenvalue weighted by molar-refractivity contribution is 6.42. The average molecular weight is 220 g/mol. The summed E-state index contributed by atoms with van der Waals surface area (Å²) in [4.78, 5) is 10.7. The van der Waals surface area contributed by atoms with Gasteiger partial charge in [-0.2, -0.15) is 5.06 Å². The second kappa shape index (κ2) is 3.96. The van der Waals surface area contributed by atoms with Gasteiger partial charge < -0.3 is 0 Å². The lowest BCUT2D eigenvalue weighted by Crippen LogP contribution is -2.23. The molecule has 1 rings (SSSR count). The Hall–Kier alpha value is -0.770. The number of nitrogens with zero attached hydrogens (tertiary/aromatic N) is 1. The van der Waals surface area contributed by atoms with E-state index in [9.17, 15) is 10.0 Å². The van der Waals surface area contributed by atoms with Crippen molar-refractivity contribution in [1.82, 2.24) is 0 Å². The van der Waals surface area contributed by atoms with Crippen molar-refractivity contribution >= 4 is 34.8 Å². The summed E-state index contributed by atoms with van der Waals surface area (Å²) in [5, 5.41) is 10.4. The molecular formula is C8H7Cl2NO2. The zero-order valence-electron chi connectivity index (χ0n) is 6.79. The minimum absolute atomic E-state index is 0.291. The van der Waals surface area contributed by atoms with Crippen LogP contribution in [-0.2, 0) is 4.79 Å². The third-order valence-corrected chi connectivity index (χ3v) is 2.19. The fraction of sp³-hybridized carbons (Fsp3) is 0.125. The van der Waals surface area contributed by atoms with Crippen molar-refractivity contribution in [3.8, 4) is 0 Å². The number of benzene rings is 1. The van der Waals surface area contributed by atoms with Crippen LogP contribution in [0.4, 0.5) is 5.69 Å². The van der Waals surface area contributed by atoms with Gasteiger partial charge in [-0.15, -0.1) is 0 Å². The molecular weight excluding hydrogens is 213 g/mol. The molecule has 0 saturated carbocycles. The molecule has 1 N–H and O–H groups in total. The third-order valence-electron chi connectivity index (χ3n) is 1.45. The molecule has 70 valence electrons. The molecule has 1 aromatic carbocycles. The second-order valence-electron chi connectivity index (χ2n) is 2.43. The molecule has 0 aliphatic carbocycles. The molecule has 0 aromatic heterocycles. The lowest BCUT2D eigenvalue weighted by molar-refractivity contribution is -0.121. The molecule has 0 bridgehead atoms. The number of halogens is 2. The van der Waals surface area contributed by atoms with Gasteiger partial charge in [0.25, 0.3) is 0 Å². The minimum Gasteiger partial charge on any atom is -0.281 e. The lowest BCUT2D eigenvalue weighted by Gasteiger charge is -2.12. The van der Waals surface area contributed by atoms with Crippen LogP contribution >= 0.6 is 23.2 Å². The van der Waals surface area contributed by atoms with E-state index in [1.807, 2.05) is 0 Å². The normalized spacial score (nSPS) is 9.85. The van der Waals surface area contributed by atoms with Crippen molar-refractivity contribution in [3.05, 3.63) is 28.2 Å². The van der Waals surface area contributed by atoms with E-state index < -0.39 is 5.91 Å². The number of amides is 1. The maximum absolute atomic E-state index is 10.7. The zero-order valence-corrected chi connectivity index (χ0v) is 8.30. The number of hydrogen-bond acceptors (Lipinski definition) is 2. The summed E-state index contributed by atoms with van der Waals surface area (Å²) in [7, 11) is 0. The van der Waals surface area contributed by atoms with Gasteiger partial charge in [0.1, 0.15) is 0 Å². The predicted octanol–water partition coefficient (Wildman–Crippen LogP) is 2.74. The first kappa shape index (κ1) is 10.3. The van der Waals surface area contributed by atoms with Crippen LogP contribution in [0.3, 0.4) is 0 Å². The van der Waals surface area contributed by atoms with Gasteiger partial charge in [-0.25, -0.2) is 0 Å². The molecule has 1 amide bonds. The van der Waals surface area contributed by atoms with Crippen LogP contribution in [0.15, 0.2) is 18.2 Å². The Bertz CT molecular complexity index is 341. The number of rotatable bonds is 1. The highest BCUT2D eigenvalue weighted by Crippen LogP contribution is 2.26. The van der Waals surface area contributed by atoms with E-state index in [-0.39, 0.29) is 0 Å². The van der Waals surface area contributed by atoms with E-state index in [0.29, 0.717) is 20.8 Å². The maximum atomic E-state index is 10.7. The second-order valence-corrected chi connectivity index (χ2v) is 3.24. The fourth-order valence-electron chi connectivity index (χ4n) is 0.799. The van der Waals surface area contributed by atoms with Crippen LogP contribution < -0.4 is 5.06 Å². The monoisotopic (exact) mass is 219 g/mol. The Morgan fingerprint density at radius 3 is 2.46 bits per heavy atom. The predicted molar refractivity (Wildman–Crippen MR) is 51.4 cm³/mol. The van der Waals surface area contributed by atoms with E-state index in [1.165, 1.54) is 25.1 Å². The van der Waals surface area contributed by atoms with Crippen LogP contribution in [0.25, 0.3) is 0 Å². The smallest absolute Gasteiger partial charge is 0.247 e. The summed E-state index contributed by atoms with van der Waals surface area (Å²) in [6, 6.07) is 4.41. The molecule has 1 aromatic rings. The van der Waals surface area contributed by atoms with Crippen LogP contribution in [0.5, 0.6) is 0 Å². The molecule has 0 saturated heterocycles. The summed E-state index contributed by atoms with van der Waals surface area (Å²) in [5.41, 5.74) is 0.293. The van der Waals surface area contributed by atoms with Crippen LogP contribution in [0, 0.1) is 0 Å². The van der Waals surface area contributed by atoms with Gasteiger partial charge in [0.2, 0.25) is 5.91 Å². The molecule has 0 atom stereocenters. The Morgan fingerprint density at radius 1 is 1.38 bits per heavy atom. The largest absolute Gasteiger partial charge is 0.281 e. The topological polar surface area (TPSA) is 40.5 Å². The molecule has 0 radical (unpaired) electrons. The van der Waals surface area contributed by atoms with E-state index in [1.54, 1.807) is 0 Å². The number of hydroxylamine groups is 1. The molecule has 0 spiro atoms. The van der Waals surface area contributed by atoms with Gasteiger partial charge >= 0.3 is 0 Å². The molecule has 5 heteroatoms. The molecule has 0 aliphatic rings. The summed E-state index contributed by atoms with van der Waals surface area (Å²) in [5.74, 6) is -0.488. The van der Waals surface area contributed by atoms with Crippen LogP contribution in [0.1, 0.15) is 6.92 Å². The Kier molecular flexibility index (Phi) is 3.14. The van der Waals surface area contributed by atoms with Gasteiger partial charge in [-0.1, -0.05) is 23.2 Å². The maximum Gasteiger partial charge on any atom is 0.247 e. The first-order valence-electron chi connectivity index (χ1n) is 3.47. The van der Waals surface area contributed by atoms with Gasteiger partial charge in [-0.05, 0) is 18.2 Å². The minimum atomic E-state index is -0.488. The first-order chi connectivity index (χ1) is 6.02. The van der Waals surface area contributed by atoms with Crippen molar-refractivity contribution in [3.63, 3.8) is 0 Å². The Labute approximate surface area is 85.4 Å². The third kappa shape index (κ3) is 2.34. The molecule has 13 heavy (non-hydrogen) atoms. The van der Waals surface area contributed by atoms with E-state index >= 15 is 0 Å². The number of anilines is 1. The lowest BCUT2D eigenvalue weighted by atomic mass is 10.3. The number of carbonyl (C=O) groups is 1. The zero-order chi connectivity index (χ0) is 10.0. The Morgan fingerprint density at radius 2 is 2.00 bits per heavy atom. The fourth-order valence-corrected chi connectivity index (χ4v) is 1.09. The first-order valence-corrected chi connectivity index (χ1v) is 4.22. The number of hydrogen-bond donors (Lipinski definition) is 1. The standard InChI is InChI=1S/C8H7Cl2NO2/c1-5(12)11(13)6-2-3-7(9)8(10)4-6/h2-4,13H,1H3. The van der Waals surface area contributed by atoms with Crippen LogP contribution in [0.2, 0.25) is 10.0 Å². The van der Waals surface area contributed by atoms with Gasteiger partial charge in [0, 0.05) is 6.92 Å². The van der Waals surface area contributed by atoms with E-state index in [0.717, 1.165) is 0 Å². The molecule has 0 unspecified atom stereocenters. The number of carbonyl (C=O) groups excluding carboxylic acids is 1. The van der Waals surface area contributed by atoms with Crippen molar-refractivity contribution in [1.29, 1.82) is 0 Å². The SMILES string of the molecule is CC(=O)N(O)c1ccc(Cl)c(Cl)c1. The molecule has 0 aliphatic heterocycles. The highest BCUT2D eigenvalue weighted by atomic mass is 35.5. The van der Waals surface area contributed by atoms with E-state index in [4.69, 9.17) is 23.2 Å².